The van der Waals surface area contributed by atoms with Crippen molar-refractivity contribution in [2.45, 2.75) is 13.5 Å². The van der Waals surface area contributed by atoms with E-state index < -0.39 is 0 Å². The summed E-state index contributed by atoms with van der Waals surface area (Å²) in [5, 5.41) is 3.88. The van der Waals surface area contributed by atoms with Crippen LogP contribution in [0.2, 0.25) is 10.0 Å². The second kappa shape index (κ2) is 8.09. The average molecular weight is 354 g/mol. The molecule has 0 aliphatic heterocycles. The second-order valence-electron chi connectivity index (χ2n) is 4.92. The van der Waals surface area contributed by atoms with E-state index in [1.807, 2.05) is 13.0 Å². The molecule has 0 aromatic heterocycles. The smallest absolute Gasteiger partial charge is 0.258 e. The first kappa shape index (κ1) is 17.4. The predicted molar refractivity (Wildman–Crippen MR) is 91.5 cm³/mol. The lowest BCUT2D eigenvalue weighted by atomic mass is 10.1. The molecule has 0 bridgehead atoms. The van der Waals surface area contributed by atoms with Gasteiger partial charge in [0.15, 0.2) is 6.61 Å². The number of hydrogen-bond acceptors (Lipinski definition) is 3. The number of rotatable bonds is 6. The molecule has 0 fully saturated rings. The summed E-state index contributed by atoms with van der Waals surface area (Å²) in [6.07, 6.45) is 0. The lowest BCUT2D eigenvalue weighted by molar-refractivity contribution is -0.123. The number of benzene rings is 2. The Kier molecular flexibility index (Phi) is 6.13. The summed E-state index contributed by atoms with van der Waals surface area (Å²) in [6.45, 7) is 2.15. The SMILES string of the molecule is COc1ccc(OCC(=O)NCc2c(C)cc(Cl)cc2Cl)cc1. The van der Waals surface area contributed by atoms with E-state index >= 15 is 0 Å². The van der Waals surface area contributed by atoms with Gasteiger partial charge < -0.3 is 14.8 Å². The fraction of sp³-hybridized carbons (Fsp3) is 0.235. The lowest BCUT2D eigenvalue weighted by Gasteiger charge is -2.11. The molecule has 2 rings (SSSR count). The minimum atomic E-state index is -0.230. The Hall–Kier alpha value is -1.91. The van der Waals surface area contributed by atoms with Crippen molar-refractivity contribution in [3.05, 3.63) is 57.6 Å². The molecule has 122 valence electrons. The molecule has 0 aliphatic carbocycles. The van der Waals surface area contributed by atoms with Crippen LogP contribution in [-0.4, -0.2) is 19.6 Å². The summed E-state index contributed by atoms with van der Waals surface area (Å²) >= 11 is 12.1. The van der Waals surface area contributed by atoms with Crippen molar-refractivity contribution < 1.29 is 14.3 Å². The van der Waals surface area contributed by atoms with Crippen LogP contribution in [0.1, 0.15) is 11.1 Å². The number of methoxy groups -OCH3 is 1. The Morgan fingerprint density at radius 3 is 2.39 bits per heavy atom. The van der Waals surface area contributed by atoms with Crippen molar-refractivity contribution >= 4 is 29.1 Å². The van der Waals surface area contributed by atoms with E-state index in [-0.39, 0.29) is 12.5 Å². The van der Waals surface area contributed by atoms with Crippen LogP contribution in [0.4, 0.5) is 0 Å². The molecule has 6 heteroatoms. The van der Waals surface area contributed by atoms with Gasteiger partial charge in [-0.1, -0.05) is 23.2 Å². The zero-order valence-corrected chi connectivity index (χ0v) is 14.4. The Labute approximate surface area is 145 Å². The van der Waals surface area contributed by atoms with E-state index in [0.29, 0.717) is 22.3 Å². The molecule has 1 N–H and O–H groups in total. The molecule has 2 aromatic rings. The van der Waals surface area contributed by atoms with E-state index in [2.05, 4.69) is 5.32 Å². The maximum absolute atomic E-state index is 11.9. The summed E-state index contributed by atoms with van der Waals surface area (Å²) in [6, 6.07) is 10.5. The highest BCUT2D eigenvalue weighted by atomic mass is 35.5. The highest BCUT2D eigenvalue weighted by molar-refractivity contribution is 6.35. The van der Waals surface area contributed by atoms with Gasteiger partial charge in [0, 0.05) is 16.6 Å². The van der Waals surface area contributed by atoms with Gasteiger partial charge in [-0.15, -0.1) is 0 Å². The van der Waals surface area contributed by atoms with Crippen LogP contribution in [0.25, 0.3) is 0 Å². The molecule has 0 saturated carbocycles. The van der Waals surface area contributed by atoms with Crippen LogP contribution in [0.3, 0.4) is 0 Å². The number of ether oxygens (including phenoxy) is 2. The summed E-state index contributed by atoms with van der Waals surface area (Å²) < 4.78 is 10.5. The van der Waals surface area contributed by atoms with Gasteiger partial charge >= 0.3 is 0 Å². The van der Waals surface area contributed by atoms with Crippen molar-refractivity contribution in [1.82, 2.24) is 5.32 Å². The first-order valence-corrected chi connectivity index (χ1v) is 7.73. The third-order valence-electron chi connectivity index (χ3n) is 3.28. The number of aryl methyl sites for hydroxylation is 1. The Morgan fingerprint density at radius 1 is 1.13 bits per heavy atom. The van der Waals surface area contributed by atoms with E-state index in [0.717, 1.165) is 16.9 Å². The van der Waals surface area contributed by atoms with Crippen molar-refractivity contribution in [2.75, 3.05) is 13.7 Å². The summed E-state index contributed by atoms with van der Waals surface area (Å²) in [5.74, 6) is 1.10. The summed E-state index contributed by atoms with van der Waals surface area (Å²) in [7, 11) is 1.59. The first-order chi connectivity index (χ1) is 11.0. The molecule has 0 spiro atoms. The Balaban J connectivity index is 1.85. The monoisotopic (exact) mass is 353 g/mol. The van der Waals surface area contributed by atoms with Crippen LogP contribution in [-0.2, 0) is 11.3 Å². The van der Waals surface area contributed by atoms with Gasteiger partial charge in [-0.3, -0.25) is 4.79 Å². The standard InChI is InChI=1S/C17H17Cl2NO3/c1-11-7-12(18)8-16(19)15(11)9-20-17(21)10-23-14-5-3-13(22-2)4-6-14/h3-8H,9-10H2,1-2H3,(H,20,21). The quantitative estimate of drug-likeness (QED) is 0.853. The van der Waals surface area contributed by atoms with Gasteiger partial charge in [-0.25, -0.2) is 0 Å². The number of halogens is 2. The minimum absolute atomic E-state index is 0.0728. The molecular weight excluding hydrogens is 337 g/mol. The molecule has 0 heterocycles. The maximum atomic E-state index is 11.9. The molecular formula is C17H17Cl2NO3. The number of hydrogen-bond donors (Lipinski definition) is 1. The van der Waals surface area contributed by atoms with Crippen molar-refractivity contribution in [3.63, 3.8) is 0 Å². The minimum Gasteiger partial charge on any atom is -0.497 e. The third-order valence-corrected chi connectivity index (χ3v) is 3.83. The van der Waals surface area contributed by atoms with Gasteiger partial charge in [-0.05, 0) is 54.4 Å². The van der Waals surface area contributed by atoms with Gasteiger partial charge in [0.1, 0.15) is 11.5 Å². The molecule has 0 unspecified atom stereocenters. The number of amides is 1. The van der Waals surface area contributed by atoms with Crippen LogP contribution in [0.5, 0.6) is 11.5 Å². The first-order valence-electron chi connectivity index (χ1n) is 6.97. The van der Waals surface area contributed by atoms with Crippen molar-refractivity contribution in [3.8, 4) is 11.5 Å². The Bertz CT molecular complexity index is 664. The van der Waals surface area contributed by atoms with Crippen molar-refractivity contribution in [2.24, 2.45) is 0 Å². The number of carbonyl (C=O) groups excluding carboxylic acids is 1. The maximum Gasteiger partial charge on any atom is 0.258 e. The molecule has 0 aliphatic rings. The van der Waals surface area contributed by atoms with Crippen LogP contribution in [0.15, 0.2) is 36.4 Å². The van der Waals surface area contributed by atoms with Crippen molar-refractivity contribution in [1.29, 1.82) is 0 Å². The van der Waals surface area contributed by atoms with Gasteiger partial charge in [0.2, 0.25) is 0 Å². The predicted octanol–water partition coefficient (Wildman–Crippen LogP) is 4.01. The van der Waals surface area contributed by atoms with E-state index in [1.54, 1.807) is 37.4 Å². The number of nitrogens with one attached hydrogen (secondary N) is 1. The zero-order valence-electron chi connectivity index (χ0n) is 12.9. The topological polar surface area (TPSA) is 47.6 Å². The molecule has 23 heavy (non-hydrogen) atoms. The van der Waals surface area contributed by atoms with Gasteiger partial charge in [0.05, 0.1) is 7.11 Å². The van der Waals surface area contributed by atoms with Crippen LogP contribution < -0.4 is 14.8 Å². The van der Waals surface area contributed by atoms with Crippen LogP contribution in [0, 0.1) is 6.92 Å². The molecule has 1 amide bonds. The molecule has 0 radical (unpaired) electrons. The second-order valence-corrected chi connectivity index (χ2v) is 5.77. The summed E-state index contributed by atoms with van der Waals surface area (Å²) in [5.41, 5.74) is 1.77. The molecule has 4 nitrogen and oxygen atoms in total. The van der Waals surface area contributed by atoms with E-state index in [1.165, 1.54) is 0 Å². The summed E-state index contributed by atoms with van der Waals surface area (Å²) in [4.78, 5) is 11.9. The third kappa shape index (κ3) is 5.05. The van der Waals surface area contributed by atoms with Gasteiger partial charge in [0.25, 0.3) is 5.91 Å². The normalized spacial score (nSPS) is 10.3. The molecule has 0 atom stereocenters. The van der Waals surface area contributed by atoms with Gasteiger partial charge in [-0.2, -0.15) is 0 Å². The lowest BCUT2D eigenvalue weighted by Crippen LogP contribution is -2.28. The van der Waals surface area contributed by atoms with Crippen LogP contribution >= 0.6 is 23.2 Å². The fourth-order valence-electron chi connectivity index (χ4n) is 2.01. The molecule has 0 saturated heterocycles. The average Bonchev–Trinajstić information content (AvgIpc) is 2.52. The fourth-order valence-corrected chi connectivity index (χ4v) is 2.68. The van der Waals surface area contributed by atoms with E-state index in [9.17, 15) is 4.79 Å². The van der Waals surface area contributed by atoms with E-state index in [4.69, 9.17) is 32.7 Å². The number of carbonyl (C=O) groups is 1. The Morgan fingerprint density at radius 2 is 1.78 bits per heavy atom. The zero-order chi connectivity index (χ0) is 16.8. The highest BCUT2D eigenvalue weighted by Crippen LogP contribution is 2.24. The largest absolute Gasteiger partial charge is 0.497 e. The molecule has 2 aromatic carbocycles. The highest BCUT2D eigenvalue weighted by Gasteiger charge is 2.09.